The van der Waals surface area contributed by atoms with E-state index in [1.54, 1.807) is 18.3 Å². The van der Waals surface area contributed by atoms with Crippen molar-refractivity contribution in [3.05, 3.63) is 45.7 Å². The normalized spacial score (nSPS) is 11.1. The fourth-order valence-electron chi connectivity index (χ4n) is 1.87. The number of nitro groups is 1. The zero-order valence-corrected chi connectivity index (χ0v) is 9.23. The van der Waals surface area contributed by atoms with Crippen LogP contribution in [0.2, 0.25) is 5.15 Å². The minimum atomic E-state index is -0.428. The molecule has 0 atom stereocenters. The fraction of sp³-hybridized carbons (Fsp3) is 0. The van der Waals surface area contributed by atoms with Gasteiger partial charge in [-0.3, -0.25) is 10.1 Å². The molecule has 1 aromatic carbocycles. The molecule has 0 spiro atoms. The summed E-state index contributed by atoms with van der Waals surface area (Å²) in [5.74, 6) is 0. The Morgan fingerprint density at radius 2 is 2.12 bits per heavy atom. The molecule has 0 unspecified atom stereocenters. The van der Waals surface area contributed by atoms with Crippen LogP contribution in [0.15, 0.2) is 30.5 Å². The number of aromatic amines is 1. The third-order valence-electron chi connectivity index (χ3n) is 2.65. The standard InChI is InChI=1S/C11H6ClN3O2/c12-11-7-3-4-13-10(7)8-5-6(15(16)17)1-2-9(8)14-11/h1-5,13H. The fourth-order valence-corrected chi connectivity index (χ4v) is 2.11. The minimum Gasteiger partial charge on any atom is -0.361 e. The molecule has 0 saturated carbocycles. The van der Waals surface area contributed by atoms with Gasteiger partial charge in [0, 0.05) is 29.1 Å². The molecule has 0 amide bonds. The summed E-state index contributed by atoms with van der Waals surface area (Å²) in [6, 6.07) is 6.31. The first-order chi connectivity index (χ1) is 8.16. The van der Waals surface area contributed by atoms with Crippen LogP contribution < -0.4 is 0 Å². The quantitative estimate of drug-likeness (QED) is 0.407. The number of halogens is 1. The van der Waals surface area contributed by atoms with Crippen molar-refractivity contribution in [2.75, 3.05) is 0 Å². The van der Waals surface area contributed by atoms with Crippen molar-refractivity contribution in [1.29, 1.82) is 0 Å². The van der Waals surface area contributed by atoms with Crippen LogP contribution in [-0.4, -0.2) is 14.9 Å². The molecule has 2 aromatic heterocycles. The van der Waals surface area contributed by atoms with Gasteiger partial charge in [0.2, 0.25) is 0 Å². The number of hydrogen-bond donors (Lipinski definition) is 1. The van der Waals surface area contributed by atoms with E-state index in [4.69, 9.17) is 11.6 Å². The number of hydrogen-bond acceptors (Lipinski definition) is 3. The second kappa shape index (κ2) is 3.43. The lowest BCUT2D eigenvalue weighted by Gasteiger charge is -2.01. The van der Waals surface area contributed by atoms with Crippen LogP contribution >= 0.6 is 11.6 Å². The van der Waals surface area contributed by atoms with Gasteiger partial charge < -0.3 is 4.98 Å². The van der Waals surface area contributed by atoms with Gasteiger partial charge in [-0.1, -0.05) is 11.6 Å². The second-order valence-electron chi connectivity index (χ2n) is 3.63. The van der Waals surface area contributed by atoms with Crippen LogP contribution in [-0.2, 0) is 0 Å². The van der Waals surface area contributed by atoms with Crippen LogP contribution in [0.25, 0.3) is 21.8 Å². The zero-order chi connectivity index (χ0) is 12.0. The Hall–Kier alpha value is -2.14. The number of aromatic nitrogens is 2. The van der Waals surface area contributed by atoms with Gasteiger partial charge >= 0.3 is 0 Å². The molecule has 0 aliphatic carbocycles. The van der Waals surface area contributed by atoms with E-state index in [2.05, 4.69) is 9.97 Å². The van der Waals surface area contributed by atoms with E-state index in [1.807, 2.05) is 0 Å². The molecule has 0 saturated heterocycles. The SMILES string of the molecule is O=[N+]([O-])c1ccc2nc(Cl)c3cc[nH]c3c2c1. The highest BCUT2D eigenvalue weighted by atomic mass is 35.5. The molecule has 0 radical (unpaired) electrons. The third kappa shape index (κ3) is 1.43. The summed E-state index contributed by atoms with van der Waals surface area (Å²) < 4.78 is 0. The van der Waals surface area contributed by atoms with Crippen LogP contribution in [0.3, 0.4) is 0 Å². The Morgan fingerprint density at radius 3 is 2.88 bits per heavy atom. The van der Waals surface area contributed by atoms with Crippen molar-refractivity contribution in [2.24, 2.45) is 0 Å². The summed E-state index contributed by atoms with van der Waals surface area (Å²) in [6.45, 7) is 0. The molecule has 84 valence electrons. The van der Waals surface area contributed by atoms with Gasteiger partial charge in [-0.15, -0.1) is 0 Å². The molecule has 3 rings (SSSR count). The summed E-state index contributed by atoms with van der Waals surface area (Å²) in [7, 11) is 0. The van der Waals surface area contributed by atoms with Crippen molar-refractivity contribution in [3.63, 3.8) is 0 Å². The lowest BCUT2D eigenvalue weighted by Crippen LogP contribution is -1.89. The van der Waals surface area contributed by atoms with Crippen LogP contribution in [0.5, 0.6) is 0 Å². The second-order valence-corrected chi connectivity index (χ2v) is 3.99. The van der Waals surface area contributed by atoms with E-state index in [9.17, 15) is 10.1 Å². The Kier molecular flexibility index (Phi) is 2.02. The number of non-ortho nitro benzene ring substituents is 1. The first-order valence-corrected chi connectivity index (χ1v) is 5.25. The average Bonchev–Trinajstić information content (AvgIpc) is 2.78. The Labute approximate surface area is 100 Å². The van der Waals surface area contributed by atoms with Gasteiger partial charge in [0.15, 0.2) is 0 Å². The van der Waals surface area contributed by atoms with E-state index in [-0.39, 0.29) is 5.69 Å². The number of benzene rings is 1. The summed E-state index contributed by atoms with van der Waals surface area (Å²) >= 11 is 6.01. The Bertz CT molecular complexity index is 751. The molecule has 0 bridgehead atoms. The maximum Gasteiger partial charge on any atom is 0.270 e. The van der Waals surface area contributed by atoms with Gasteiger partial charge in [-0.25, -0.2) is 4.98 Å². The largest absolute Gasteiger partial charge is 0.361 e. The van der Waals surface area contributed by atoms with Crippen molar-refractivity contribution < 1.29 is 4.92 Å². The Balaban J connectivity index is 2.48. The van der Waals surface area contributed by atoms with Gasteiger partial charge in [0.05, 0.1) is 16.0 Å². The molecule has 5 nitrogen and oxygen atoms in total. The molecule has 6 heteroatoms. The molecular weight excluding hydrogens is 242 g/mol. The van der Waals surface area contributed by atoms with Gasteiger partial charge in [-0.05, 0) is 12.1 Å². The molecule has 1 N–H and O–H groups in total. The number of nitro benzene ring substituents is 1. The average molecular weight is 248 g/mol. The van der Waals surface area contributed by atoms with E-state index in [0.29, 0.717) is 16.1 Å². The molecular formula is C11H6ClN3O2. The van der Waals surface area contributed by atoms with Crippen LogP contribution in [0.1, 0.15) is 0 Å². The number of fused-ring (bicyclic) bond motifs is 3. The third-order valence-corrected chi connectivity index (χ3v) is 2.94. The van der Waals surface area contributed by atoms with Gasteiger partial charge in [0.25, 0.3) is 5.69 Å². The highest BCUT2D eigenvalue weighted by Crippen LogP contribution is 2.30. The topological polar surface area (TPSA) is 71.8 Å². The predicted octanol–water partition coefficient (Wildman–Crippen LogP) is 3.28. The molecule has 0 aliphatic rings. The first-order valence-electron chi connectivity index (χ1n) is 4.87. The molecule has 17 heavy (non-hydrogen) atoms. The maximum atomic E-state index is 10.7. The monoisotopic (exact) mass is 247 g/mol. The number of nitrogens with one attached hydrogen (secondary N) is 1. The lowest BCUT2D eigenvalue weighted by atomic mass is 10.1. The number of nitrogens with zero attached hydrogens (tertiary/aromatic N) is 2. The summed E-state index contributed by atoms with van der Waals surface area (Å²) in [6.07, 6.45) is 1.73. The van der Waals surface area contributed by atoms with E-state index < -0.39 is 4.92 Å². The number of rotatable bonds is 1. The van der Waals surface area contributed by atoms with Crippen LogP contribution in [0, 0.1) is 10.1 Å². The summed E-state index contributed by atoms with van der Waals surface area (Å²) in [5, 5.41) is 12.6. The smallest absolute Gasteiger partial charge is 0.270 e. The van der Waals surface area contributed by atoms with Gasteiger partial charge in [-0.2, -0.15) is 0 Å². The first kappa shape index (κ1) is 10.0. The van der Waals surface area contributed by atoms with E-state index >= 15 is 0 Å². The molecule has 0 aliphatic heterocycles. The summed E-state index contributed by atoms with van der Waals surface area (Å²) in [4.78, 5) is 17.5. The highest BCUT2D eigenvalue weighted by molar-refractivity contribution is 6.35. The van der Waals surface area contributed by atoms with Crippen molar-refractivity contribution >= 4 is 39.1 Å². The van der Waals surface area contributed by atoms with Crippen LogP contribution in [0.4, 0.5) is 5.69 Å². The molecule has 2 heterocycles. The van der Waals surface area contributed by atoms with E-state index in [0.717, 1.165) is 10.9 Å². The van der Waals surface area contributed by atoms with Crippen molar-refractivity contribution in [2.45, 2.75) is 0 Å². The Morgan fingerprint density at radius 1 is 1.29 bits per heavy atom. The number of H-pyrrole nitrogens is 1. The maximum absolute atomic E-state index is 10.7. The number of pyridine rings is 1. The van der Waals surface area contributed by atoms with Crippen molar-refractivity contribution in [1.82, 2.24) is 9.97 Å². The molecule has 0 fully saturated rings. The van der Waals surface area contributed by atoms with E-state index in [1.165, 1.54) is 12.1 Å². The van der Waals surface area contributed by atoms with Gasteiger partial charge in [0.1, 0.15) is 5.15 Å². The lowest BCUT2D eigenvalue weighted by molar-refractivity contribution is -0.384. The zero-order valence-electron chi connectivity index (χ0n) is 8.48. The minimum absolute atomic E-state index is 0.0394. The molecule has 3 aromatic rings. The van der Waals surface area contributed by atoms with Crippen molar-refractivity contribution in [3.8, 4) is 0 Å². The highest BCUT2D eigenvalue weighted by Gasteiger charge is 2.12. The predicted molar refractivity (Wildman–Crippen MR) is 65.3 cm³/mol. The summed E-state index contributed by atoms with van der Waals surface area (Å²) in [5.41, 5.74) is 1.44.